The third kappa shape index (κ3) is 27.4. The molecule has 0 heterocycles. The number of carboxylic acid groups (broad SMARTS) is 1. The molecule has 284 valence electrons. The molecule has 18 heteroatoms. The molecule has 0 aromatic heterocycles. The number of nitrogen functional groups attached to an aromatic ring is 1. The number of carbonyl (C=O) groups excluding carboxylic acids is 2. The van der Waals surface area contributed by atoms with Crippen molar-refractivity contribution in [3.05, 3.63) is 172 Å². The molecule has 0 fully saturated rings. The molecule has 0 unspecified atom stereocenters. The Morgan fingerprint density at radius 1 is 0.585 bits per heavy atom. The standard InChI is InChI=1S/C13H10FNO.C8H7ClO.C8H8O2.C6H5F.Al.Cl5P.3ClH/c14-10-7-5-9(6-8-10)13(16)11-3-1-2-4-12(11)15;2*1-6-4-2-3-5-7(6)8(9)10;7-6-4-2-1-3-5-6;;1-6(2,3,4)5;;;/h1-8H,15H2;2-5H,1H3;2-5H,1H3,(H,9,10);1-5H;;;3*1H/q;;;;+3;;;;/p-3. The topological polar surface area (TPSA) is 97.5 Å². The fourth-order valence-corrected chi connectivity index (χ4v) is 3.69. The zero-order valence-corrected chi connectivity index (χ0v) is 36.4. The van der Waals surface area contributed by atoms with Crippen LogP contribution in [0.4, 0.5) is 14.5 Å². The van der Waals surface area contributed by atoms with Crippen LogP contribution in [0.2, 0.25) is 0 Å². The Morgan fingerprint density at radius 2 is 0.925 bits per heavy atom. The number of para-hydroxylation sites is 1. The van der Waals surface area contributed by atoms with Crippen molar-refractivity contribution in [2.24, 2.45) is 0 Å². The number of ketones is 1. The predicted octanol–water partition coefficient (Wildman–Crippen LogP) is 14.5. The molecule has 5 nitrogen and oxygen atoms in total. The second-order valence-electron chi connectivity index (χ2n) is 9.81. The van der Waals surface area contributed by atoms with E-state index in [9.17, 15) is 23.2 Å². The van der Waals surface area contributed by atoms with Gasteiger partial charge in [-0.05, 0) is 97.2 Å². The molecule has 0 saturated carbocycles. The molecule has 0 aliphatic heterocycles. The molecule has 0 aliphatic rings. The van der Waals surface area contributed by atoms with Crippen molar-refractivity contribution in [3.8, 4) is 0 Å². The first-order valence-electron chi connectivity index (χ1n) is 14.4. The fraction of sp³-hybridized carbons (Fsp3) is 0.0571. The van der Waals surface area contributed by atoms with Crippen LogP contribution in [0.15, 0.2) is 127 Å². The van der Waals surface area contributed by atoms with Crippen LogP contribution in [-0.2, 0) is 0 Å². The van der Waals surface area contributed by atoms with E-state index >= 15 is 0 Å². The first-order chi connectivity index (χ1) is 24.5. The number of hydrogen-bond acceptors (Lipinski definition) is 4. The Hall–Kier alpha value is -1.86. The molecule has 5 aromatic carbocycles. The number of benzene rings is 5. The average Bonchev–Trinajstić information content (AvgIpc) is 3.05. The minimum absolute atomic E-state index is 0.178. The van der Waals surface area contributed by atoms with Gasteiger partial charge in [-0.15, -0.1) is 0 Å². The molecule has 53 heavy (non-hydrogen) atoms. The van der Waals surface area contributed by atoms with E-state index in [1.54, 1.807) is 79.7 Å². The van der Waals surface area contributed by atoms with Crippen molar-refractivity contribution in [1.29, 1.82) is 0 Å². The van der Waals surface area contributed by atoms with Gasteiger partial charge in [0, 0.05) is 22.4 Å². The summed E-state index contributed by atoms with van der Waals surface area (Å²) in [5.74, 6) is -1.60. The second kappa shape index (κ2) is 26.1. The van der Waals surface area contributed by atoms with Gasteiger partial charge in [-0.2, -0.15) is 0 Å². The number of carbonyl (C=O) groups is 3. The molecule has 0 spiro atoms. The number of halogens is 11. The third-order valence-corrected chi connectivity index (χ3v) is 5.98. The van der Waals surface area contributed by atoms with E-state index in [4.69, 9.17) is 109 Å². The molecule has 0 radical (unpaired) electrons. The normalized spacial score (nSPS) is 10.4. The van der Waals surface area contributed by atoms with Crippen molar-refractivity contribution in [3.63, 3.8) is 0 Å². The maximum Gasteiger partial charge on any atom is 0.643 e. The maximum atomic E-state index is 12.7. The van der Waals surface area contributed by atoms with Crippen LogP contribution in [0.1, 0.15) is 47.8 Å². The summed E-state index contributed by atoms with van der Waals surface area (Å²) in [6.45, 7) is 3.64. The van der Waals surface area contributed by atoms with Crippen molar-refractivity contribution in [2.45, 2.75) is 13.8 Å². The Balaban J connectivity index is 0.000000647. The molecule has 5 aromatic rings. The number of nitrogens with two attached hydrogens (primary N) is 1. The number of aromatic carboxylic acids is 1. The van der Waals surface area contributed by atoms with Crippen LogP contribution in [0, 0.1) is 25.5 Å². The molecule has 3 N–H and O–H groups in total. The number of anilines is 1. The summed E-state index contributed by atoms with van der Waals surface area (Å²) in [7, 11) is 14.8. The summed E-state index contributed by atoms with van der Waals surface area (Å²) in [6.07, 6.45) is 0. The van der Waals surface area contributed by atoms with E-state index < -0.39 is 26.0 Å². The van der Waals surface area contributed by atoms with E-state index in [-0.39, 0.29) is 17.4 Å². The smallest absolute Gasteiger partial charge is 0.398 e. The van der Waals surface area contributed by atoms with Gasteiger partial charge in [0.05, 0.1) is 5.56 Å². The van der Waals surface area contributed by atoms with Gasteiger partial charge in [-0.25, -0.2) is 43.7 Å². The van der Waals surface area contributed by atoms with E-state index in [1.807, 2.05) is 25.1 Å². The van der Waals surface area contributed by atoms with E-state index in [1.165, 1.54) is 36.4 Å². The van der Waals surface area contributed by atoms with Crippen molar-refractivity contribution < 1.29 is 28.3 Å². The van der Waals surface area contributed by atoms with Gasteiger partial charge in [0.2, 0.25) is 0 Å². The number of rotatable bonds is 4. The Morgan fingerprint density at radius 3 is 1.23 bits per heavy atom. The van der Waals surface area contributed by atoms with Gasteiger partial charge in [0.1, 0.15) is 11.6 Å². The molecule has 0 atom stereocenters. The summed E-state index contributed by atoms with van der Waals surface area (Å²) in [5, 5.41) is 8.17. The van der Waals surface area contributed by atoms with E-state index in [0.717, 1.165) is 11.1 Å². The predicted molar refractivity (Wildman–Crippen MR) is 226 cm³/mol. The van der Waals surface area contributed by atoms with Gasteiger partial charge in [-0.3, -0.25) is 9.59 Å². The van der Waals surface area contributed by atoms with Crippen LogP contribution in [0.3, 0.4) is 0 Å². The Kier molecular flexibility index (Phi) is 25.2. The molecule has 0 saturated heterocycles. The molecule has 0 amide bonds. The third-order valence-electron chi connectivity index (χ3n) is 5.78. The minimum Gasteiger partial charge on any atom is -0.398 e. The van der Waals surface area contributed by atoms with E-state index in [2.05, 4.69) is 0 Å². The van der Waals surface area contributed by atoms with Crippen LogP contribution in [0.25, 0.3) is 0 Å². The molecular weight excluding hydrogens is 913 g/mol. The Labute approximate surface area is 352 Å². The van der Waals surface area contributed by atoms with E-state index in [0.29, 0.717) is 27.9 Å². The summed E-state index contributed by atoms with van der Waals surface area (Å²) in [6, 6.07) is 34.3. The summed E-state index contributed by atoms with van der Waals surface area (Å²) in [4.78, 5) is 33.0. The molecule has 0 bridgehead atoms. The number of carboxylic acids is 1. The van der Waals surface area contributed by atoms with Gasteiger partial charge in [-0.1, -0.05) is 66.7 Å². The first-order valence-corrected chi connectivity index (χ1v) is 26.8. The van der Waals surface area contributed by atoms with Crippen molar-refractivity contribution in [2.75, 3.05) is 5.73 Å². The SMILES string of the molecule is Cc1ccccc1C(=O)Cl.Cc1ccccc1C(=O)O.ClP(Cl)(Cl)(Cl)Cl.Fc1ccccc1.Nc1ccccc1C(=O)c1ccc(F)cc1.[Cl][Al]([Cl])[Cl]. The first kappa shape index (κ1) is 51.1. The molecular formula is C35H30AlCl9F2NO4P. The second-order valence-corrected chi connectivity index (χ2v) is 33.2. The molecule has 0 aliphatic carbocycles. The fourth-order valence-electron chi connectivity index (χ4n) is 3.48. The maximum absolute atomic E-state index is 12.7. The quantitative estimate of drug-likeness (QED) is 0.0615. The van der Waals surface area contributed by atoms with Gasteiger partial charge in [0.15, 0.2) is 5.78 Å². The van der Waals surface area contributed by atoms with Crippen LogP contribution in [0.5, 0.6) is 0 Å². The minimum atomic E-state index is -3.69. The summed E-state index contributed by atoms with van der Waals surface area (Å²) < 4.78 is 20.9. The summed E-state index contributed by atoms with van der Waals surface area (Å²) >= 11 is 28.4. The summed E-state index contributed by atoms with van der Waals surface area (Å²) in [5.41, 5.74) is 9.67. The number of hydrogen-bond donors (Lipinski definition) is 2. The van der Waals surface area contributed by atoms with Crippen LogP contribution >= 0.6 is 101 Å². The van der Waals surface area contributed by atoms with Crippen molar-refractivity contribution in [1.82, 2.24) is 0 Å². The van der Waals surface area contributed by atoms with Crippen molar-refractivity contribution >= 4 is 135 Å². The van der Waals surface area contributed by atoms with Gasteiger partial charge < -0.3 is 10.8 Å². The zero-order valence-electron chi connectivity index (χ0n) is 27.6. The monoisotopic (exact) mass is 939 g/mol. The van der Waals surface area contributed by atoms with Gasteiger partial charge >= 0.3 is 76.9 Å². The zero-order chi connectivity index (χ0) is 40.8. The van der Waals surface area contributed by atoms with Crippen LogP contribution < -0.4 is 5.73 Å². The number of aryl methyl sites for hydroxylation is 2. The Bertz CT molecular complexity index is 1810. The molecule has 5 rings (SSSR count). The average molecular weight is 944 g/mol. The van der Waals surface area contributed by atoms with Crippen LogP contribution in [-0.4, -0.2) is 33.5 Å². The largest absolute Gasteiger partial charge is 0.643 e. The van der Waals surface area contributed by atoms with Gasteiger partial charge in [0.25, 0.3) is 5.24 Å².